The Labute approximate surface area is 222 Å². The van der Waals surface area contributed by atoms with Gasteiger partial charge in [0.2, 0.25) is 15.9 Å². The highest BCUT2D eigenvalue weighted by Gasteiger charge is 2.45. The third-order valence-corrected chi connectivity index (χ3v) is 9.45. The van der Waals surface area contributed by atoms with Gasteiger partial charge in [-0.05, 0) is 73.6 Å². The third kappa shape index (κ3) is 5.06. The van der Waals surface area contributed by atoms with Crippen LogP contribution in [-0.4, -0.2) is 25.4 Å². The summed E-state index contributed by atoms with van der Waals surface area (Å²) in [5, 5.41) is 0.733. The number of nitrogens with one attached hydrogen (secondary N) is 1. The molecule has 0 saturated heterocycles. The number of fused-ring (bicyclic) bond motifs is 1. The van der Waals surface area contributed by atoms with Crippen molar-refractivity contribution in [2.45, 2.75) is 49.5 Å². The Bertz CT molecular complexity index is 1570. The fourth-order valence-electron chi connectivity index (χ4n) is 5.54. The van der Waals surface area contributed by atoms with Crippen molar-refractivity contribution in [3.63, 3.8) is 0 Å². The van der Waals surface area contributed by atoms with Gasteiger partial charge in [-0.3, -0.25) is 4.79 Å². The molecule has 1 atom stereocenters. The number of halogens is 1. The van der Waals surface area contributed by atoms with Crippen LogP contribution in [0.1, 0.15) is 44.1 Å². The molecule has 0 spiro atoms. The first-order chi connectivity index (χ1) is 18.2. The molecule has 6 nitrogen and oxygen atoms in total. The molecule has 5 rings (SSSR count). The highest BCUT2D eigenvalue weighted by Crippen LogP contribution is 2.47. The molecule has 0 bridgehead atoms. The van der Waals surface area contributed by atoms with Crippen molar-refractivity contribution in [3.05, 3.63) is 96.3 Å². The number of pyridine rings is 1. The van der Waals surface area contributed by atoms with Gasteiger partial charge in [0.1, 0.15) is 5.82 Å². The van der Waals surface area contributed by atoms with Crippen LogP contribution in [0.5, 0.6) is 0 Å². The van der Waals surface area contributed by atoms with Crippen LogP contribution >= 0.6 is 0 Å². The average Bonchev–Trinajstić information content (AvgIpc) is 2.93. The van der Waals surface area contributed by atoms with Crippen molar-refractivity contribution in [3.8, 4) is 11.3 Å². The van der Waals surface area contributed by atoms with Crippen molar-refractivity contribution < 1.29 is 17.6 Å². The lowest BCUT2D eigenvalue weighted by molar-refractivity contribution is -0.131. The van der Waals surface area contributed by atoms with Gasteiger partial charge < -0.3 is 5.73 Å². The molecule has 4 aromatic rings. The van der Waals surface area contributed by atoms with Crippen molar-refractivity contribution >= 4 is 26.8 Å². The fourth-order valence-corrected chi connectivity index (χ4v) is 6.88. The number of aromatic nitrogens is 1. The van der Waals surface area contributed by atoms with E-state index in [4.69, 9.17) is 5.73 Å². The number of benzene rings is 3. The van der Waals surface area contributed by atoms with E-state index in [2.05, 4.69) is 9.71 Å². The van der Waals surface area contributed by atoms with E-state index in [-0.39, 0.29) is 22.7 Å². The SMILES string of the molecule is C[C@H](c1ccc(F)cc1)C1(C(N)=O)CCC(NS(=O)(=O)c2ccc3nc(-c4ccccc4)ccc3c2)CC1. The number of hydrogen-bond acceptors (Lipinski definition) is 4. The van der Waals surface area contributed by atoms with Gasteiger partial charge in [-0.2, -0.15) is 0 Å². The minimum Gasteiger partial charge on any atom is -0.369 e. The van der Waals surface area contributed by atoms with Gasteiger partial charge in [-0.25, -0.2) is 22.5 Å². The number of carbonyl (C=O) groups excluding carboxylic acids is 1. The summed E-state index contributed by atoms with van der Waals surface area (Å²) in [6.07, 6.45) is 1.84. The second-order valence-electron chi connectivity index (χ2n) is 10.1. The zero-order valence-electron chi connectivity index (χ0n) is 21.1. The molecular formula is C30H30FN3O3S. The van der Waals surface area contributed by atoms with Gasteiger partial charge in [0.15, 0.2) is 0 Å². The molecule has 1 heterocycles. The largest absolute Gasteiger partial charge is 0.369 e. The van der Waals surface area contributed by atoms with E-state index < -0.39 is 21.3 Å². The number of carbonyl (C=O) groups is 1. The molecule has 1 aliphatic carbocycles. The van der Waals surface area contributed by atoms with Crippen LogP contribution in [0, 0.1) is 11.2 Å². The Balaban J connectivity index is 1.31. The number of rotatable bonds is 7. The minimum atomic E-state index is -3.78. The van der Waals surface area contributed by atoms with Gasteiger partial charge in [-0.1, -0.05) is 55.5 Å². The monoisotopic (exact) mass is 531 g/mol. The number of sulfonamides is 1. The van der Waals surface area contributed by atoms with Crippen molar-refractivity contribution in [1.82, 2.24) is 9.71 Å². The van der Waals surface area contributed by atoms with E-state index in [1.54, 1.807) is 30.3 Å². The van der Waals surface area contributed by atoms with E-state index in [0.717, 1.165) is 22.2 Å². The second kappa shape index (κ2) is 10.3. The normalized spacial score (nSPS) is 20.7. The van der Waals surface area contributed by atoms with Crippen molar-refractivity contribution in [1.29, 1.82) is 0 Å². The number of amides is 1. The van der Waals surface area contributed by atoms with E-state index in [9.17, 15) is 17.6 Å². The number of nitrogens with zero attached hydrogens (tertiary/aromatic N) is 1. The molecule has 196 valence electrons. The van der Waals surface area contributed by atoms with Crippen LogP contribution < -0.4 is 10.5 Å². The summed E-state index contributed by atoms with van der Waals surface area (Å²) in [7, 11) is -3.78. The van der Waals surface area contributed by atoms with Crippen LogP contribution in [0.25, 0.3) is 22.2 Å². The summed E-state index contributed by atoms with van der Waals surface area (Å²) >= 11 is 0. The molecule has 1 saturated carbocycles. The average molecular weight is 532 g/mol. The Hall–Kier alpha value is -3.62. The van der Waals surface area contributed by atoms with Crippen molar-refractivity contribution in [2.24, 2.45) is 11.1 Å². The third-order valence-electron chi connectivity index (χ3n) is 7.93. The number of hydrogen-bond donors (Lipinski definition) is 2. The molecule has 8 heteroatoms. The molecule has 0 radical (unpaired) electrons. The molecule has 1 fully saturated rings. The topological polar surface area (TPSA) is 102 Å². The summed E-state index contributed by atoms with van der Waals surface area (Å²) in [6, 6.07) is 24.3. The molecule has 1 aromatic heterocycles. The first-order valence-corrected chi connectivity index (χ1v) is 14.2. The maximum Gasteiger partial charge on any atom is 0.240 e. The maximum absolute atomic E-state index is 13.4. The van der Waals surface area contributed by atoms with E-state index in [1.807, 2.05) is 49.4 Å². The molecule has 1 amide bonds. The lowest BCUT2D eigenvalue weighted by Crippen LogP contribution is -2.48. The predicted molar refractivity (Wildman–Crippen MR) is 146 cm³/mol. The zero-order chi connectivity index (χ0) is 26.9. The van der Waals surface area contributed by atoms with E-state index in [0.29, 0.717) is 31.2 Å². The van der Waals surface area contributed by atoms with Crippen LogP contribution in [0.3, 0.4) is 0 Å². The van der Waals surface area contributed by atoms with E-state index >= 15 is 0 Å². The summed E-state index contributed by atoms with van der Waals surface area (Å²) in [4.78, 5) is 17.5. The van der Waals surface area contributed by atoms with Crippen LogP contribution in [0.15, 0.2) is 89.8 Å². The van der Waals surface area contributed by atoms with Crippen LogP contribution in [0.4, 0.5) is 4.39 Å². The lowest BCUT2D eigenvalue weighted by atomic mass is 9.63. The highest BCUT2D eigenvalue weighted by atomic mass is 32.2. The standard InChI is InChI=1S/C30H30FN3O3S/c1-20(21-7-10-24(31)11-8-21)30(29(32)35)17-15-25(16-18-30)34-38(36,37)26-12-14-28-23(19-26)9-13-27(33-28)22-5-3-2-4-6-22/h2-14,19-20,25,34H,15-18H2,1H3,(H2,32,35)/t20-,25?,30?/m1/s1. The number of primary amides is 1. The van der Waals surface area contributed by atoms with Crippen molar-refractivity contribution in [2.75, 3.05) is 0 Å². The van der Waals surface area contributed by atoms with Gasteiger partial charge >= 0.3 is 0 Å². The second-order valence-corrected chi connectivity index (χ2v) is 11.8. The van der Waals surface area contributed by atoms with Crippen LogP contribution in [-0.2, 0) is 14.8 Å². The van der Waals surface area contributed by atoms with Gasteiger partial charge in [0.05, 0.1) is 21.5 Å². The number of nitrogens with two attached hydrogens (primary N) is 1. The quantitative estimate of drug-likeness (QED) is 0.327. The van der Waals surface area contributed by atoms with Gasteiger partial charge in [-0.15, -0.1) is 0 Å². The first-order valence-electron chi connectivity index (χ1n) is 12.7. The Morgan fingerprint density at radius 2 is 1.68 bits per heavy atom. The summed E-state index contributed by atoms with van der Waals surface area (Å²) in [5.74, 6) is -0.965. The Kier molecular flexibility index (Phi) is 7.03. The fraction of sp³-hybridized carbons (Fsp3) is 0.267. The van der Waals surface area contributed by atoms with Gasteiger partial charge in [0.25, 0.3) is 0 Å². The smallest absolute Gasteiger partial charge is 0.240 e. The predicted octanol–water partition coefficient (Wildman–Crippen LogP) is 5.54. The molecule has 1 aliphatic rings. The van der Waals surface area contributed by atoms with Crippen LogP contribution in [0.2, 0.25) is 0 Å². The minimum absolute atomic E-state index is 0.172. The molecule has 38 heavy (non-hydrogen) atoms. The van der Waals surface area contributed by atoms with E-state index in [1.165, 1.54) is 12.1 Å². The van der Waals surface area contributed by atoms with Gasteiger partial charge in [0, 0.05) is 17.0 Å². The summed E-state index contributed by atoms with van der Waals surface area (Å²) in [6.45, 7) is 1.93. The molecular weight excluding hydrogens is 501 g/mol. The summed E-state index contributed by atoms with van der Waals surface area (Å²) in [5.41, 5.74) is 8.42. The molecule has 0 unspecified atom stereocenters. The molecule has 3 aromatic carbocycles. The first kappa shape index (κ1) is 26.0. The summed E-state index contributed by atoms with van der Waals surface area (Å²) < 4.78 is 42.7. The molecule has 3 N–H and O–H groups in total. The zero-order valence-corrected chi connectivity index (χ0v) is 21.9. The lowest BCUT2D eigenvalue weighted by Gasteiger charge is -2.42. The highest BCUT2D eigenvalue weighted by molar-refractivity contribution is 7.89. The Morgan fingerprint density at radius 1 is 1.00 bits per heavy atom. The Morgan fingerprint density at radius 3 is 2.34 bits per heavy atom. The maximum atomic E-state index is 13.4. The molecule has 0 aliphatic heterocycles.